The Morgan fingerprint density at radius 1 is 0.490 bits per heavy atom. The van der Waals surface area contributed by atoms with Crippen LogP contribution in [0.4, 0.5) is 0 Å². The van der Waals surface area contributed by atoms with Crippen molar-refractivity contribution in [3.8, 4) is 11.5 Å². The molecule has 3 aliphatic heterocycles. The molecule has 0 unspecified atom stereocenters. The number of amides is 6. The zero-order chi connectivity index (χ0) is 35.9. The number of phenols is 2. The van der Waals surface area contributed by atoms with Crippen molar-refractivity contribution in [2.75, 3.05) is 0 Å². The fraction of sp³-hybridized carbons (Fsp3) is 0.241. The van der Waals surface area contributed by atoms with Crippen LogP contribution in [0, 0.1) is 0 Å². The highest BCUT2D eigenvalue weighted by Crippen LogP contribution is 2.21. The number of hydrogen-bond donors (Lipinski definition) is 5. The van der Waals surface area contributed by atoms with Gasteiger partial charge in [0.1, 0.15) is 11.5 Å². The quantitative estimate of drug-likeness (QED) is 0.207. The third kappa shape index (κ3) is 9.89. The van der Waals surface area contributed by atoms with Crippen LogP contribution in [0.25, 0.3) is 0 Å². The molecule has 3 heterocycles. The van der Waals surface area contributed by atoms with Gasteiger partial charge in [-0.25, -0.2) is 19.2 Å². The second-order valence-corrected chi connectivity index (χ2v) is 9.67. The summed E-state index contributed by atoms with van der Waals surface area (Å²) in [5.41, 5.74) is -1.21. The van der Waals surface area contributed by atoms with Crippen molar-refractivity contribution in [2.45, 2.75) is 46.0 Å². The number of benzene rings is 2. The summed E-state index contributed by atoms with van der Waals surface area (Å²) in [6.07, 6.45) is -0.0862. The number of hydrogen-bond acceptors (Lipinski definition) is 15. The first kappa shape index (κ1) is 38.5. The molecular weight excluding hydrogens is 662 g/mol. The van der Waals surface area contributed by atoms with Crippen LogP contribution in [0.15, 0.2) is 36.4 Å². The van der Waals surface area contributed by atoms with Gasteiger partial charge in [-0.1, -0.05) is 7.43 Å². The van der Waals surface area contributed by atoms with E-state index in [0.717, 1.165) is 36.4 Å². The van der Waals surface area contributed by atoms with Crippen molar-refractivity contribution in [3.05, 3.63) is 58.7 Å². The van der Waals surface area contributed by atoms with E-state index >= 15 is 0 Å². The molecule has 5 N–H and O–H groups in total. The minimum absolute atomic E-state index is 0. The molecule has 0 radical (unpaired) electrons. The van der Waals surface area contributed by atoms with Gasteiger partial charge in [-0.2, -0.15) is 5.06 Å². The van der Waals surface area contributed by atoms with E-state index < -0.39 is 65.1 Å². The number of carboxylic acid groups (broad SMARTS) is 2. The van der Waals surface area contributed by atoms with Crippen LogP contribution in [0.5, 0.6) is 11.5 Å². The molecule has 6 amide bonds. The van der Waals surface area contributed by atoms with Gasteiger partial charge < -0.3 is 30.1 Å². The summed E-state index contributed by atoms with van der Waals surface area (Å²) in [6, 6.07) is 5.78. The molecule has 260 valence electrons. The predicted molar refractivity (Wildman–Crippen MR) is 153 cm³/mol. The molecule has 0 aliphatic carbocycles. The number of phenolic OH excluding ortho intramolecular Hbond substituents is 2. The fourth-order valence-corrected chi connectivity index (χ4v) is 3.86. The maximum Gasteiger partial charge on any atom is 0.364 e. The van der Waals surface area contributed by atoms with E-state index in [-0.39, 0.29) is 79.0 Å². The number of imide groups is 3. The fourth-order valence-electron chi connectivity index (χ4n) is 3.86. The Hall–Kier alpha value is -6.70. The molecule has 0 spiro atoms. The van der Waals surface area contributed by atoms with Crippen LogP contribution in [-0.4, -0.2) is 100 Å². The molecule has 3 aliphatic rings. The minimum atomic E-state index is -1.28. The first-order chi connectivity index (χ1) is 22.5. The zero-order valence-corrected chi connectivity index (χ0v) is 24.2. The maximum atomic E-state index is 12.1. The van der Waals surface area contributed by atoms with Gasteiger partial charge in [0.25, 0.3) is 35.4 Å². The van der Waals surface area contributed by atoms with E-state index in [2.05, 4.69) is 0 Å². The number of aromatic carboxylic acids is 2. The summed E-state index contributed by atoms with van der Waals surface area (Å²) in [5, 5.41) is 44.9. The van der Waals surface area contributed by atoms with Crippen molar-refractivity contribution in [3.63, 3.8) is 0 Å². The van der Waals surface area contributed by atoms with E-state index in [1.165, 1.54) is 0 Å². The first-order valence-corrected chi connectivity index (χ1v) is 13.3. The molecule has 0 aromatic heterocycles. The van der Waals surface area contributed by atoms with Gasteiger partial charge in [-0.15, -0.1) is 10.1 Å². The molecule has 0 atom stereocenters. The highest BCUT2D eigenvalue weighted by atomic mass is 16.7. The van der Waals surface area contributed by atoms with Gasteiger partial charge in [0.05, 0.1) is 22.3 Å². The minimum Gasteiger partial charge on any atom is -0.508 e. The van der Waals surface area contributed by atoms with Crippen LogP contribution in [0.2, 0.25) is 0 Å². The van der Waals surface area contributed by atoms with Gasteiger partial charge in [0.15, 0.2) is 0 Å². The van der Waals surface area contributed by atoms with Crippen LogP contribution in [-0.2, 0) is 38.4 Å². The van der Waals surface area contributed by atoms with Crippen LogP contribution < -0.4 is 0 Å². The third-order valence-corrected chi connectivity index (χ3v) is 6.19. The van der Waals surface area contributed by atoms with Crippen molar-refractivity contribution in [1.29, 1.82) is 0 Å². The Labute approximate surface area is 274 Å². The molecule has 5 rings (SSSR count). The van der Waals surface area contributed by atoms with Crippen LogP contribution in [0.1, 0.15) is 87.4 Å². The normalized spacial score (nSPS) is 15.2. The van der Waals surface area contributed by atoms with E-state index in [1.807, 2.05) is 0 Å². The molecule has 20 heteroatoms. The Bertz CT molecular complexity index is 1600. The molecule has 0 bridgehead atoms. The molecule has 3 fully saturated rings. The Balaban J connectivity index is 0.000000312. The zero-order valence-electron chi connectivity index (χ0n) is 24.2. The summed E-state index contributed by atoms with van der Waals surface area (Å²) in [6.45, 7) is 0. The second kappa shape index (κ2) is 16.2. The summed E-state index contributed by atoms with van der Waals surface area (Å²) in [4.78, 5) is 121. The molecule has 2 aromatic carbocycles. The van der Waals surface area contributed by atoms with Gasteiger partial charge >= 0.3 is 23.9 Å². The molecule has 49 heavy (non-hydrogen) atoms. The van der Waals surface area contributed by atoms with Crippen molar-refractivity contribution < 1.29 is 83.3 Å². The first-order valence-electron chi connectivity index (χ1n) is 13.3. The summed E-state index contributed by atoms with van der Waals surface area (Å²) < 4.78 is 0. The van der Waals surface area contributed by atoms with E-state index in [0.29, 0.717) is 10.1 Å². The summed E-state index contributed by atoms with van der Waals surface area (Å²) in [7, 11) is 0. The number of carboxylic acids is 2. The smallest absolute Gasteiger partial charge is 0.364 e. The SMILES string of the molecule is C.O=C(O)c1cc(O)cc(C(=O)O)c1.O=C(ON1C(=O)CCC1=O)c1cc(O)cc(C(=O)ON2C(=O)CCC2=O)c1.O=C1CCC(=O)N1O. The second-order valence-electron chi connectivity index (χ2n) is 9.67. The molecule has 0 saturated carbocycles. The van der Waals surface area contributed by atoms with Crippen LogP contribution in [0.3, 0.4) is 0 Å². The molecule has 2 aromatic rings. The van der Waals surface area contributed by atoms with Crippen LogP contribution >= 0.6 is 0 Å². The lowest BCUT2D eigenvalue weighted by atomic mass is 10.1. The number of carbonyl (C=O) groups excluding carboxylic acids is 8. The summed E-state index contributed by atoms with van der Waals surface area (Å²) >= 11 is 0. The summed E-state index contributed by atoms with van der Waals surface area (Å²) in [5.74, 6) is -9.58. The Morgan fingerprint density at radius 3 is 1.02 bits per heavy atom. The lowest BCUT2D eigenvalue weighted by Gasteiger charge is -2.14. The van der Waals surface area contributed by atoms with Crippen molar-refractivity contribution in [2.24, 2.45) is 0 Å². The van der Waals surface area contributed by atoms with Crippen molar-refractivity contribution in [1.82, 2.24) is 15.2 Å². The Morgan fingerprint density at radius 2 is 0.755 bits per heavy atom. The van der Waals surface area contributed by atoms with Crippen molar-refractivity contribution >= 4 is 59.3 Å². The monoisotopic (exact) mass is 689 g/mol. The predicted octanol–water partition coefficient (Wildman–Crippen LogP) is 0.783. The van der Waals surface area contributed by atoms with Gasteiger partial charge in [-0.3, -0.25) is 34.0 Å². The number of rotatable bonds is 6. The molecule has 20 nitrogen and oxygen atoms in total. The lowest BCUT2D eigenvalue weighted by Crippen LogP contribution is -2.32. The number of nitrogens with zero attached hydrogens (tertiary/aromatic N) is 3. The number of carbonyl (C=O) groups is 10. The number of hydroxylamine groups is 6. The average molecular weight is 690 g/mol. The maximum absolute atomic E-state index is 12.1. The highest BCUT2D eigenvalue weighted by molar-refractivity contribution is 6.05. The third-order valence-electron chi connectivity index (χ3n) is 6.19. The van der Waals surface area contributed by atoms with E-state index in [4.69, 9.17) is 30.2 Å². The van der Waals surface area contributed by atoms with Gasteiger partial charge in [0, 0.05) is 38.5 Å². The lowest BCUT2D eigenvalue weighted by molar-refractivity contribution is -0.173. The highest BCUT2D eigenvalue weighted by Gasteiger charge is 2.35. The van der Waals surface area contributed by atoms with Gasteiger partial charge in [-0.05, 0) is 36.4 Å². The number of aromatic hydroxyl groups is 2. The molecule has 3 saturated heterocycles. The topological polar surface area (TPSA) is 300 Å². The Kier molecular flexibility index (Phi) is 12.7. The standard InChI is InChI=1S/C16H12N2O9.C8H6O5.C4H5NO3.CH4/c19-10-6-8(15(24)26-17-11(20)1-2-12(17)21)5-9(7-10)16(25)27-18-13(22)3-4-14(18)23;9-6-2-4(7(10)11)1-5(3-6)8(12)13;6-3-1-2-4(7)5(3)8;/h5-7,19H,1-4H2;1-3,9H,(H,10,11)(H,12,13);8H,1-2H2;1H4. The van der Waals surface area contributed by atoms with E-state index in [1.54, 1.807) is 0 Å². The average Bonchev–Trinajstić information content (AvgIpc) is 3.63. The van der Waals surface area contributed by atoms with Gasteiger partial charge in [0.2, 0.25) is 0 Å². The molecular formula is C29H27N3O17. The largest absolute Gasteiger partial charge is 0.508 e. The van der Waals surface area contributed by atoms with E-state index in [9.17, 15) is 53.1 Å².